The highest BCUT2D eigenvalue weighted by atomic mass is 16.5. The van der Waals surface area contributed by atoms with Gasteiger partial charge < -0.3 is 14.3 Å². The molecule has 140 valence electrons. The Balaban J connectivity index is 1.43. The Hall–Kier alpha value is -2.21. The molecule has 2 bridgehead atoms. The molecule has 2 aromatic carbocycles. The van der Waals surface area contributed by atoms with Crippen LogP contribution >= 0.6 is 0 Å². The number of ether oxygens (including phenoxy) is 1. The third kappa shape index (κ3) is 3.06. The molecule has 2 aliphatic heterocycles. The van der Waals surface area contributed by atoms with Gasteiger partial charge in [0.1, 0.15) is 5.52 Å². The molecular weight excluding hydrogens is 340 g/mol. The zero-order valence-corrected chi connectivity index (χ0v) is 15.5. The molecule has 5 nitrogen and oxygen atoms in total. The normalized spacial score (nSPS) is 28.5. The molecule has 2 saturated heterocycles. The summed E-state index contributed by atoms with van der Waals surface area (Å²) in [5, 5.41) is 11.6. The van der Waals surface area contributed by atoms with Crippen molar-refractivity contribution < 1.29 is 14.3 Å². The number of nitrogens with zero attached hydrogens (tertiary/aromatic N) is 2. The second-order valence-corrected chi connectivity index (χ2v) is 7.86. The van der Waals surface area contributed by atoms with Crippen LogP contribution in [0.25, 0.3) is 11.1 Å². The van der Waals surface area contributed by atoms with E-state index in [0.29, 0.717) is 31.9 Å². The Bertz CT molecular complexity index is 939. The highest BCUT2D eigenvalue weighted by Gasteiger charge is 2.47. The summed E-state index contributed by atoms with van der Waals surface area (Å²) in [5.41, 5.74) is 2.94. The van der Waals surface area contributed by atoms with Crippen LogP contribution in [0.15, 0.2) is 52.9 Å². The molecule has 2 aliphatic rings. The number of oxazole rings is 1. The van der Waals surface area contributed by atoms with Crippen LogP contribution in [0.1, 0.15) is 29.9 Å². The lowest BCUT2D eigenvalue weighted by molar-refractivity contribution is -0.149. The maximum atomic E-state index is 11.6. The fraction of sp³-hybridized carbons (Fsp3) is 0.409. The molecule has 3 aromatic rings. The number of aromatic nitrogens is 1. The first-order chi connectivity index (χ1) is 13.1. The number of benzene rings is 2. The van der Waals surface area contributed by atoms with Gasteiger partial charge in [0, 0.05) is 25.6 Å². The first kappa shape index (κ1) is 16.9. The molecule has 3 heterocycles. The van der Waals surface area contributed by atoms with E-state index in [1.807, 2.05) is 31.2 Å². The van der Waals surface area contributed by atoms with E-state index in [-0.39, 0.29) is 12.1 Å². The molecule has 2 atom stereocenters. The Morgan fingerprint density at radius 2 is 1.85 bits per heavy atom. The molecule has 0 aliphatic carbocycles. The van der Waals surface area contributed by atoms with Crippen molar-refractivity contribution in [2.75, 3.05) is 13.2 Å². The minimum absolute atomic E-state index is 0.204. The first-order valence-corrected chi connectivity index (χ1v) is 9.58. The Morgan fingerprint density at radius 1 is 1.11 bits per heavy atom. The Labute approximate surface area is 158 Å². The van der Waals surface area contributed by atoms with E-state index < -0.39 is 5.60 Å². The van der Waals surface area contributed by atoms with E-state index in [1.54, 1.807) is 0 Å². The van der Waals surface area contributed by atoms with Gasteiger partial charge in [-0.15, -0.1) is 0 Å². The summed E-state index contributed by atoms with van der Waals surface area (Å²) in [7, 11) is 0. The van der Waals surface area contributed by atoms with Gasteiger partial charge in [0.05, 0.1) is 18.8 Å². The third-order valence-corrected chi connectivity index (χ3v) is 5.95. The molecule has 1 aromatic heterocycles. The van der Waals surface area contributed by atoms with E-state index in [2.05, 4.69) is 34.1 Å². The highest BCUT2D eigenvalue weighted by Crippen LogP contribution is 2.42. The summed E-state index contributed by atoms with van der Waals surface area (Å²) in [6.45, 7) is 4.07. The number of aliphatic hydroxyl groups is 1. The van der Waals surface area contributed by atoms with Crippen molar-refractivity contribution in [2.45, 2.75) is 44.0 Å². The van der Waals surface area contributed by atoms with Crippen molar-refractivity contribution in [2.24, 2.45) is 0 Å². The molecule has 2 unspecified atom stereocenters. The zero-order valence-electron chi connectivity index (χ0n) is 15.5. The fourth-order valence-corrected chi connectivity index (χ4v) is 4.66. The third-order valence-electron chi connectivity index (χ3n) is 5.95. The number of morpholine rings is 1. The summed E-state index contributed by atoms with van der Waals surface area (Å²) in [4.78, 5) is 6.87. The zero-order chi connectivity index (χ0) is 18.4. The van der Waals surface area contributed by atoms with Crippen LogP contribution in [-0.4, -0.2) is 40.3 Å². The van der Waals surface area contributed by atoms with Gasteiger partial charge >= 0.3 is 0 Å². The van der Waals surface area contributed by atoms with Crippen LogP contribution in [0.2, 0.25) is 0 Å². The van der Waals surface area contributed by atoms with E-state index >= 15 is 0 Å². The summed E-state index contributed by atoms with van der Waals surface area (Å²) in [5.74, 6) is 0.650. The molecule has 0 saturated carbocycles. The van der Waals surface area contributed by atoms with Crippen molar-refractivity contribution in [3.63, 3.8) is 0 Å². The monoisotopic (exact) mass is 364 g/mol. The van der Waals surface area contributed by atoms with Crippen LogP contribution in [0.3, 0.4) is 0 Å². The van der Waals surface area contributed by atoms with Crippen molar-refractivity contribution in [3.8, 4) is 0 Å². The maximum Gasteiger partial charge on any atom is 0.192 e. The molecule has 27 heavy (non-hydrogen) atoms. The number of aryl methyl sites for hydroxylation is 1. The Kier molecular flexibility index (Phi) is 4.04. The average Bonchev–Trinajstić information content (AvgIpc) is 3.03. The number of piperidine rings is 1. The van der Waals surface area contributed by atoms with Gasteiger partial charge in [-0.1, -0.05) is 36.4 Å². The standard InChI is InChI=1S/C22H24N2O3/c1-15-23-20-8-7-17(9-21(20)27-15)22(25)10-18-13-26-14-19(11-22)24(18)12-16-5-3-2-4-6-16/h2-9,18-19,25H,10-14H2,1H3. The van der Waals surface area contributed by atoms with Crippen LogP contribution in [-0.2, 0) is 16.9 Å². The topological polar surface area (TPSA) is 58.7 Å². The van der Waals surface area contributed by atoms with E-state index in [9.17, 15) is 5.11 Å². The predicted octanol–water partition coefficient (Wildman–Crippen LogP) is 3.39. The molecule has 5 heteroatoms. The largest absolute Gasteiger partial charge is 0.441 e. The summed E-state index contributed by atoms with van der Waals surface area (Å²) < 4.78 is 11.5. The molecule has 0 amide bonds. The quantitative estimate of drug-likeness (QED) is 0.772. The predicted molar refractivity (Wildman–Crippen MR) is 102 cm³/mol. The lowest BCUT2D eigenvalue weighted by atomic mass is 9.76. The molecule has 1 N–H and O–H groups in total. The summed E-state index contributed by atoms with van der Waals surface area (Å²) >= 11 is 0. The number of fused-ring (bicyclic) bond motifs is 3. The van der Waals surface area contributed by atoms with Gasteiger partial charge in [-0.3, -0.25) is 4.90 Å². The van der Waals surface area contributed by atoms with Crippen LogP contribution in [0.5, 0.6) is 0 Å². The van der Waals surface area contributed by atoms with E-state index in [1.165, 1.54) is 5.56 Å². The van der Waals surface area contributed by atoms with Crippen LogP contribution in [0, 0.1) is 6.92 Å². The van der Waals surface area contributed by atoms with Crippen LogP contribution < -0.4 is 0 Å². The van der Waals surface area contributed by atoms with E-state index in [0.717, 1.165) is 23.2 Å². The number of rotatable bonds is 3. The smallest absolute Gasteiger partial charge is 0.192 e. The molecule has 2 fully saturated rings. The van der Waals surface area contributed by atoms with Gasteiger partial charge in [-0.05, 0) is 36.1 Å². The molecule has 0 spiro atoms. The lowest BCUT2D eigenvalue weighted by Gasteiger charge is -2.51. The lowest BCUT2D eigenvalue weighted by Crippen LogP contribution is -2.60. The Morgan fingerprint density at radius 3 is 2.59 bits per heavy atom. The SMILES string of the molecule is Cc1nc2ccc(C3(O)CC4COCC(C3)N4Cc3ccccc3)cc2o1. The van der Waals surface area contributed by atoms with Crippen LogP contribution in [0.4, 0.5) is 0 Å². The molecule has 0 radical (unpaired) electrons. The molecule has 5 rings (SSSR count). The van der Waals surface area contributed by atoms with Gasteiger partial charge in [0.15, 0.2) is 11.5 Å². The molecular formula is C22H24N2O3. The van der Waals surface area contributed by atoms with E-state index in [4.69, 9.17) is 9.15 Å². The summed E-state index contributed by atoms with van der Waals surface area (Å²) in [6.07, 6.45) is 1.32. The van der Waals surface area contributed by atoms with Crippen molar-refractivity contribution >= 4 is 11.1 Å². The number of hydrogen-bond acceptors (Lipinski definition) is 5. The van der Waals surface area contributed by atoms with Gasteiger partial charge in [-0.25, -0.2) is 4.98 Å². The fourth-order valence-electron chi connectivity index (χ4n) is 4.66. The highest BCUT2D eigenvalue weighted by molar-refractivity contribution is 5.73. The van der Waals surface area contributed by atoms with Gasteiger partial charge in [0.2, 0.25) is 0 Å². The summed E-state index contributed by atoms with van der Waals surface area (Å²) in [6, 6.07) is 16.8. The minimum Gasteiger partial charge on any atom is -0.441 e. The maximum absolute atomic E-state index is 11.6. The van der Waals surface area contributed by atoms with Gasteiger partial charge in [0.25, 0.3) is 0 Å². The first-order valence-electron chi connectivity index (χ1n) is 9.58. The second kappa shape index (κ2) is 6.44. The average molecular weight is 364 g/mol. The van der Waals surface area contributed by atoms with Crippen molar-refractivity contribution in [1.29, 1.82) is 0 Å². The van der Waals surface area contributed by atoms with Crippen molar-refractivity contribution in [3.05, 3.63) is 65.5 Å². The van der Waals surface area contributed by atoms with Gasteiger partial charge in [-0.2, -0.15) is 0 Å². The van der Waals surface area contributed by atoms with Crippen molar-refractivity contribution in [1.82, 2.24) is 9.88 Å². The second-order valence-electron chi connectivity index (χ2n) is 7.86. The minimum atomic E-state index is -0.860. The number of hydrogen-bond donors (Lipinski definition) is 1.